The summed E-state index contributed by atoms with van der Waals surface area (Å²) in [6, 6.07) is 3.18. The number of aliphatic hydroxyl groups is 1. The number of nitrogens with one attached hydrogen (secondary N) is 1. The van der Waals surface area contributed by atoms with Crippen LogP contribution in [-0.2, 0) is 0 Å². The molecule has 2 rings (SSSR count). The highest BCUT2D eigenvalue weighted by Gasteiger charge is 2.26. The van der Waals surface area contributed by atoms with Crippen LogP contribution >= 0.6 is 34.8 Å². The zero-order valence-corrected chi connectivity index (χ0v) is 12.1. The predicted molar refractivity (Wildman–Crippen MR) is 75.7 cm³/mol. The first kappa shape index (κ1) is 14.4. The maximum absolute atomic E-state index is 9.65. The summed E-state index contributed by atoms with van der Waals surface area (Å²) < 4.78 is 0. The third-order valence-corrected chi connectivity index (χ3v) is 4.33. The molecule has 1 heterocycles. The lowest BCUT2D eigenvalue weighted by atomic mass is 10.0. The lowest BCUT2D eigenvalue weighted by molar-refractivity contribution is 0.111. The monoisotopic (exact) mass is 308 g/mol. The van der Waals surface area contributed by atoms with E-state index in [-0.39, 0.29) is 12.6 Å². The summed E-state index contributed by atoms with van der Waals surface area (Å²) in [6.45, 7) is 3.47. The van der Waals surface area contributed by atoms with Gasteiger partial charge in [0.1, 0.15) is 0 Å². The molecule has 1 aliphatic rings. The van der Waals surface area contributed by atoms with Crippen molar-refractivity contribution < 1.29 is 5.11 Å². The summed E-state index contributed by atoms with van der Waals surface area (Å²) >= 11 is 18.4. The molecule has 0 radical (unpaired) electrons. The highest BCUT2D eigenvalue weighted by atomic mass is 35.5. The average Bonchev–Trinajstić information content (AvgIpc) is 2.40. The Labute approximate surface area is 122 Å². The summed E-state index contributed by atoms with van der Waals surface area (Å²) in [4.78, 5) is 2.17. The van der Waals surface area contributed by atoms with Crippen LogP contribution in [0.5, 0.6) is 0 Å². The van der Waals surface area contributed by atoms with Crippen LogP contribution < -0.4 is 5.32 Å². The first-order valence-electron chi connectivity index (χ1n) is 5.84. The van der Waals surface area contributed by atoms with Crippen molar-refractivity contribution in [3.63, 3.8) is 0 Å². The first-order valence-corrected chi connectivity index (χ1v) is 6.97. The third kappa shape index (κ3) is 2.93. The van der Waals surface area contributed by atoms with Gasteiger partial charge in [0.15, 0.2) is 0 Å². The van der Waals surface area contributed by atoms with Gasteiger partial charge in [0.05, 0.1) is 22.7 Å². The molecule has 1 saturated heterocycles. The number of hydrogen-bond acceptors (Lipinski definition) is 3. The van der Waals surface area contributed by atoms with Crippen molar-refractivity contribution in [2.45, 2.75) is 6.04 Å². The summed E-state index contributed by atoms with van der Waals surface area (Å²) in [5.74, 6) is 0. The van der Waals surface area contributed by atoms with Crippen LogP contribution in [0.2, 0.25) is 15.1 Å². The quantitative estimate of drug-likeness (QED) is 0.843. The molecule has 0 aliphatic carbocycles. The zero-order valence-electron chi connectivity index (χ0n) is 9.80. The van der Waals surface area contributed by atoms with Gasteiger partial charge in [0, 0.05) is 36.8 Å². The Balaban J connectivity index is 2.34. The van der Waals surface area contributed by atoms with Crippen molar-refractivity contribution in [2.75, 3.05) is 32.8 Å². The number of rotatable bonds is 3. The van der Waals surface area contributed by atoms with E-state index in [2.05, 4.69) is 10.2 Å². The fraction of sp³-hybridized carbons (Fsp3) is 0.500. The van der Waals surface area contributed by atoms with Crippen LogP contribution in [0.4, 0.5) is 0 Å². The van der Waals surface area contributed by atoms with Crippen molar-refractivity contribution >= 4 is 34.8 Å². The second-order valence-electron chi connectivity index (χ2n) is 4.24. The van der Waals surface area contributed by atoms with Crippen LogP contribution in [0.25, 0.3) is 0 Å². The Morgan fingerprint density at radius 3 is 2.39 bits per heavy atom. The maximum atomic E-state index is 9.65. The number of halogens is 3. The van der Waals surface area contributed by atoms with Crippen molar-refractivity contribution in [3.05, 3.63) is 32.8 Å². The highest BCUT2D eigenvalue weighted by Crippen LogP contribution is 2.37. The third-order valence-electron chi connectivity index (χ3n) is 3.18. The summed E-state index contributed by atoms with van der Waals surface area (Å²) in [5.41, 5.74) is 0.718. The Morgan fingerprint density at radius 1 is 1.17 bits per heavy atom. The van der Waals surface area contributed by atoms with E-state index in [1.165, 1.54) is 0 Å². The molecule has 1 atom stereocenters. The fourth-order valence-corrected chi connectivity index (χ4v) is 3.02. The lowest BCUT2D eigenvalue weighted by Crippen LogP contribution is -2.46. The molecule has 2 N–H and O–H groups in total. The predicted octanol–water partition coefficient (Wildman–Crippen LogP) is 2.59. The van der Waals surface area contributed by atoms with E-state index in [0.29, 0.717) is 15.1 Å². The van der Waals surface area contributed by atoms with Crippen molar-refractivity contribution in [1.29, 1.82) is 0 Å². The smallest absolute Gasteiger partial charge is 0.0655 e. The van der Waals surface area contributed by atoms with Gasteiger partial charge in [-0.2, -0.15) is 0 Å². The van der Waals surface area contributed by atoms with E-state index in [4.69, 9.17) is 34.8 Å². The van der Waals surface area contributed by atoms with Crippen molar-refractivity contribution in [2.24, 2.45) is 0 Å². The van der Waals surface area contributed by atoms with Crippen molar-refractivity contribution in [1.82, 2.24) is 10.2 Å². The number of nitrogens with zero attached hydrogens (tertiary/aromatic N) is 1. The van der Waals surface area contributed by atoms with Crippen LogP contribution in [0.3, 0.4) is 0 Å². The molecule has 0 saturated carbocycles. The van der Waals surface area contributed by atoms with Gasteiger partial charge < -0.3 is 10.4 Å². The van der Waals surface area contributed by atoms with Gasteiger partial charge in [0.2, 0.25) is 0 Å². The van der Waals surface area contributed by atoms with Crippen LogP contribution in [0, 0.1) is 0 Å². The molecule has 0 aromatic heterocycles. The largest absolute Gasteiger partial charge is 0.394 e. The van der Waals surface area contributed by atoms with Gasteiger partial charge in [-0.25, -0.2) is 0 Å². The molecule has 6 heteroatoms. The van der Waals surface area contributed by atoms with E-state index in [9.17, 15) is 5.11 Å². The minimum atomic E-state index is -0.203. The Kier molecular flexibility index (Phi) is 5.13. The number of piperazine rings is 1. The molecule has 1 aromatic carbocycles. The first-order chi connectivity index (χ1) is 8.65. The van der Waals surface area contributed by atoms with E-state index in [1.54, 1.807) is 12.1 Å². The van der Waals surface area contributed by atoms with E-state index in [0.717, 1.165) is 31.7 Å². The molecule has 0 unspecified atom stereocenters. The minimum absolute atomic E-state index is 0.0280. The lowest BCUT2D eigenvalue weighted by Gasteiger charge is -2.35. The van der Waals surface area contributed by atoms with Crippen LogP contribution in [0.15, 0.2) is 12.1 Å². The second kappa shape index (κ2) is 6.42. The molecule has 1 aromatic rings. The van der Waals surface area contributed by atoms with Gasteiger partial charge in [-0.05, 0) is 12.1 Å². The minimum Gasteiger partial charge on any atom is -0.394 e. The normalized spacial score (nSPS) is 18.9. The second-order valence-corrected chi connectivity index (χ2v) is 5.43. The molecule has 18 heavy (non-hydrogen) atoms. The summed E-state index contributed by atoms with van der Waals surface area (Å²) in [5, 5.41) is 14.4. The topological polar surface area (TPSA) is 35.5 Å². The van der Waals surface area contributed by atoms with Gasteiger partial charge in [0.25, 0.3) is 0 Å². The van der Waals surface area contributed by atoms with Crippen LogP contribution in [-0.4, -0.2) is 42.8 Å². The number of benzene rings is 1. The average molecular weight is 310 g/mol. The molecule has 1 fully saturated rings. The Bertz CT molecular complexity index is 422. The SMILES string of the molecule is OC[C@@H](c1c(Cl)ccc(Cl)c1Cl)N1CCNCC1. The van der Waals surface area contributed by atoms with Gasteiger partial charge in [-0.15, -0.1) is 0 Å². The van der Waals surface area contributed by atoms with E-state index in [1.807, 2.05) is 0 Å². The molecule has 0 spiro atoms. The molecular weight excluding hydrogens is 295 g/mol. The van der Waals surface area contributed by atoms with Gasteiger partial charge in [-0.1, -0.05) is 34.8 Å². The Hall–Kier alpha value is -0.0300. The van der Waals surface area contributed by atoms with Gasteiger partial charge in [-0.3, -0.25) is 4.90 Å². The number of aliphatic hydroxyl groups excluding tert-OH is 1. The molecule has 3 nitrogen and oxygen atoms in total. The molecular formula is C12H15Cl3N2O. The highest BCUT2D eigenvalue weighted by molar-refractivity contribution is 6.44. The van der Waals surface area contributed by atoms with E-state index >= 15 is 0 Å². The fourth-order valence-electron chi connectivity index (χ4n) is 2.23. The Morgan fingerprint density at radius 2 is 1.78 bits per heavy atom. The molecule has 1 aliphatic heterocycles. The summed E-state index contributed by atoms with van der Waals surface area (Å²) in [6.07, 6.45) is 0. The summed E-state index contributed by atoms with van der Waals surface area (Å²) in [7, 11) is 0. The molecule has 100 valence electrons. The molecule has 0 bridgehead atoms. The van der Waals surface area contributed by atoms with Crippen LogP contribution in [0.1, 0.15) is 11.6 Å². The standard InChI is InChI=1S/C12H15Cl3N2O/c13-8-1-2-9(14)12(15)11(8)10(7-18)17-5-3-16-4-6-17/h1-2,10,16,18H,3-7H2/t10-/m0/s1. The zero-order chi connectivity index (χ0) is 13.1. The molecule has 0 amide bonds. The van der Waals surface area contributed by atoms with E-state index < -0.39 is 0 Å². The van der Waals surface area contributed by atoms with Gasteiger partial charge >= 0.3 is 0 Å². The van der Waals surface area contributed by atoms with Crippen molar-refractivity contribution in [3.8, 4) is 0 Å². The maximum Gasteiger partial charge on any atom is 0.0655 e. The number of hydrogen-bond donors (Lipinski definition) is 2.